The van der Waals surface area contributed by atoms with Gasteiger partial charge in [-0.05, 0) is 37.1 Å². The molecule has 0 amide bonds. The number of benzene rings is 2. The van der Waals surface area contributed by atoms with Gasteiger partial charge in [0.25, 0.3) is 0 Å². The summed E-state index contributed by atoms with van der Waals surface area (Å²) in [6.45, 7) is 3.40. The Kier molecular flexibility index (Phi) is 3.47. The predicted octanol–water partition coefficient (Wildman–Crippen LogP) is 3.07. The molecule has 0 unspecified atom stereocenters. The number of phenolic OH excluding ortho intramolecular Hbond substituents is 1. The van der Waals surface area contributed by atoms with E-state index in [0.29, 0.717) is 22.3 Å². The Morgan fingerprint density at radius 2 is 1.32 bits per heavy atom. The van der Waals surface area contributed by atoms with Crippen LogP contribution in [0.2, 0.25) is 0 Å². The zero-order valence-corrected chi connectivity index (χ0v) is 10.8. The number of carbonyl (C=O) groups excluding carboxylic acids is 2. The van der Waals surface area contributed by atoms with Crippen molar-refractivity contribution in [2.24, 2.45) is 0 Å². The van der Waals surface area contributed by atoms with E-state index in [0.717, 1.165) is 0 Å². The summed E-state index contributed by atoms with van der Waals surface area (Å²) >= 11 is 0. The van der Waals surface area contributed by atoms with E-state index in [1.807, 2.05) is 0 Å². The second-order valence-electron chi connectivity index (χ2n) is 4.48. The van der Waals surface area contributed by atoms with Crippen molar-refractivity contribution in [2.45, 2.75) is 13.8 Å². The first-order chi connectivity index (χ1) is 9.00. The summed E-state index contributed by atoms with van der Waals surface area (Å²) in [6, 6.07) is 11.5. The molecule has 0 spiro atoms. The van der Waals surface area contributed by atoms with Gasteiger partial charge in [0.15, 0.2) is 0 Å². The number of hydrogen-bond acceptors (Lipinski definition) is 3. The van der Waals surface area contributed by atoms with Crippen LogP contribution in [0.25, 0.3) is 0 Å². The van der Waals surface area contributed by atoms with Crippen LogP contribution in [-0.2, 0) is 0 Å². The van der Waals surface area contributed by atoms with Crippen LogP contribution in [0.3, 0.4) is 0 Å². The van der Waals surface area contributed by atoms with Gasteiger partial charge in [0.05, 0.1) is 0 Å². The largest absolute Gasteiger partial charge is 0.507 e. The molecule has 2 rings (SSSR count). The highest BCUT2D eigenvalue weighted by Crippen LogP contribution is 2.23. The van der Waals surface area contributed by atoms with Crippen LogP contribution in [0.4, 0.5) is 0 Å². The van der Waals surface area contributed by atoms with Crippen molar-refractivity contribution in [1.82, 2.24) is 0 Å². The van der Waals surface area contributed by atoms with Gasteiger partial charge in [-0.15, -0.1) is 0 Å². The van der Waals surface area contributed by atoms with Gasteiger partial charge < -0.3 is 5.11 Å². The maximum Gasteiger partial charge on any atom is 0.233 e. The minimum Gasteiger partial charge on any atom is -0.507 e. The molecule has 0 aliphatic carbocycles. The molecule has 0 atom stereocenters. The summed E-state index contributed by atoms with van der Waals surface area (Å²) in [7, 11) is 0. The SMILES string of the molecule is Cc1cc(C(=O)C(=O)c2ccccc2)cc(C)c1O. The monoisotopic (exact) mass is 254 g/mol. The summed E-state index contributed by atoms with van der Waals surface area (Å²) < 4.78 is 0. The van der Waals surface area contributed by atoms with E-state index in [4.69, 9.17) is 0 Å². The third-order valence-electron chi connectivity index (χ3n) is 3.00. The van der Waals surface area contributed by atoms with Gasteiger partial charge in [0, 0.05) is 11.1 Å². The van der Waals surface area contributed by atoms with Crippen molar-refractivity contribution in [2.75, 3.05) is 0 Å². The molecule has 3 nitrogen and oxygen atoms in total. The highest BCUT2D eigenvalue weighted by molar-refractivity contribution is 6.49. The quantitative estimate of drug-likeness (QED) is 0.676. The maximum absolute atomic E-state index is 12.1. The fourth-order valence-corrected chi connectivity index (χ4v) is 1.94. The smallest absolute Gasteiger partial charge is 0.233 e. The van der Waals surface area contributed by atoms with Crippen molar-refractivity contribution < 1.29 is 14.7 Å². The van der Waals surface area contributed by atoms with Gasteiger partial charge in [-0.1, -0.05) is 30.3 Å². The zero-order chi connectivity index (χ0) is 14.0. The lowest BCUT2D eigenvalue weighted by molar-refractivity contribution is 0.0817. The Labute approximate surface area is 111 Å². The van der Waals surface area contributed by atoms with E-state index < -0.39 is 11.6 Å². The topological polar surface area (TPSA) is 54.4 Å². The van der Waals surface area contributed by atoms with Crippen LogP contribution >= 0.6 is 0 Å². The number of carbonyl (C=O) groups is 2. The van der Waals surface area contributed by atoms with Gasteiger partial charge >= 0.3 is 0 Å². The normalized spacial score (nSPS) is 10.2. The fourth-order valence-electron chi connectivity index (χ4n) is 1.94. The number of phenols is 1. The van der Waals surface area contributed by atoms with E-state index >= 15 is 0 Å². The number of aromatic hydroxyl groups is 1. The molecule has 1 N–H and O–H groups in total. The van der Waals surface area contributed by atoms with E-state index in [1.54, 1.807) is 44.2 Å². The van der Waals surface area contributed by atoms with Gasteiger partial charge in [0.1, 0.15) is 5.75 Å². The molecule has 96 valence electrons. The predicted molar refractivity (Wildman–Crippen MR) is 72.7 cm³/mol. The molecule has 0 bridgehead atoms. The van der Waals surface area contributed by atoms with Crippen LogP contribution < -0.4 is 0 Å². The molecular weight excluding hydrogens is 240 g/mol. The van der Waals surface area contributed by atoms with E-state index in [9.17, 15) is 14.7 Å². The average Bonchev–Trinajstić information content (AvgIpc) is 2.43. The number of hydrogen-bond donors (Lipinski definition) is 1. The third kappa shape index (κ3) is 2.55. The van der Waals surface area contributed by atoms with E-state index in [-0.39, 0.29) is 5.75 Å². The molecule has 2 aromatic carbocycles. The molecule has 0 heterocycles. The number of Topliss-reactive ketones (excluding diaryl/α,β-unsaturated/α-hetero) is 2. The highest BCUT2D eigenvalue weighted by Gasteiger charge is 2.19. The summed E-state index contributed by atoms with van der Waals surface area (Å²) in [5, 5.41) is 9.67. The zero-order valence-electron chi connectivity index (χ0n) is 10.8. The summed E-state index contributed by atoms with van der Waals surface area (Å²) in [5.41, 5.74) is 1.85. The number of aryl methyl sites for hydroxylation is 2. The Morgan fingerprint density at radius 3 is 1.84 bits per heavy atom. The minimum atomic E-state index is -0.558. The first kappa shape index (κ1) is 13.0. The van der Waals surface area contributed by atoms with Gasteiger partial charge in [0.2, 0.25) is 11.6 Å². The van der Waals surface area contributed by atoms with Crippen LogP contribution in [-0.4, -0.2) is 16.7 Å². The lowest BCUT2D eigenvalue weighted by atomic mass is 9.98. The lowest BCUT2D eigenvalue weighted by Crippen LogP contribution is -2.14. The van der Waals surface area contributed by atoms with E-state index in [2.05, 4.69) is 0 Å². The van der Waals surface area contributed by atoms with Crippen molar-refractivity contribution in [3.8, 4) is 5.75 Å². The maximum atomic E-state index is 12.1. The second kappa shape index (κ2) is 5.06. The fraction of sp³-hybridized carbons (Fsp3) is 0.125. The molecule has 0 saturated heterocycles. The van der Waals surface area contributed by atoms with Crippen LogP contribution in [0, 0.1) is 13.8 Å². The molecular formula is C16H14O3. The minimum absolute atomic E-state index is 0.156. The molecule has 0 aliphatic rings. The Hall–Kier alpha value is -2.42. The molecule has 3 heteroatoms. The van der Waals surface area contributed by atoms with Crippen LogP contribution in [0.15, 0.2) is 42.5 Å². The number of ketones is 2. The van der Waals surface area contributed by atoms with Crippen molar-refractivity contribution in [3.63, 3.8) is 0 Å². The first-order valence-corrected chi connectivity index (χ1v) is 5.95. The average molecular weight is 254 g/mol. The van der Waals surface area contributed by atoms with Crippen molar-refractivity contribution in [3.05, 3.63) is 64.7 Å². The standard InChI is InChI=1S/C16H14O3/c1-10-8-13(9-11(2)14(10)17)16(19)15(18)12-6-4-3-5-7-12/h3-9,17H,1-2H3. The molecule has 2 aromatic rings. The van der Waals surface area contributed by atoms with Gasteiger partial charge in [-0.2, -0.15) is 0 Å². The first-order valence-electron chi connectivity index (χ1n) is 5.95. The Morgan fingerprint density at radius 1 is 0.842 bits per heavy atom. The second-order valence-corrected chi connectivity index (χ2v) is 4.48. The molecule has 0 aromatic heterocycles. The molecule has 0 aliphatic heterocycles. The number of rotatable bonds is 3. The van der Waals surface area contributed by atoms with Crippen LogP contribution in [0.5, 0.6) is 5.75 Å². The van der Waals surface area contributed by atoms with Crippen molar-refractivity contribution >= 4 is 11.6 Å². The van der Waals surface area contributed by atoms with Crippen molar-refractivity contribution in [1.29, 1.82) is 0 Å². The molecule has 19 heavy (non-hydrogen) atoms. The molecule has 0 radical (unpaired) electrons. The molecule has 0 fully saturated rings. The summed E-state index contributed by atoms with van der Waals surface area (Å²) in [5.74, 6) is -0.939. The Bertz CT molecular complexity index is 619. The summed E-state index contributed by atoms with van der Waals surface area (Å²) in [6.07, 6.45) is 0. The van der Waals surface area contributed by atoms with E-state index in [1.165, 1.54) is 12.1 Å². The third-order valence-corrected chi connectivity index (χ3v) is 3.00. The highest BCUT2D eigenvalue weighted by atomic mass is 16.3. The summed E-state index contributed by atoms with van der Waals surface area (Å²) in [4.78, 5) is 24.2. The van der Waals surface area contributed by atoms with Gasteiger partial charge in [-0.25, -0.2) is 0 Å². The van der Waals surface area contributed by atoms with Gasteiger partial charge in [-0.3, -0.25) is 9.59 Å². The Balaban J connectivity index is 2.38. The molecule has 0 saturated carbocycles. The lowest BCUT2D eigenvalue weighted by Gasteiger charge is -2.06. The van der Waals surface area contributed by atoms with Crippen LogP contribution in [0.1, 0.15) is 31.8 Å².